The van der Waals surface area contributed by atoms with E-state index in [1.165, 1.54) is 43.3 Å². The molecule has 4 atom stereocenters. The average Bonchev–Trinajstić information content (AvgIpc) is 3.40. The number of rotatable bonds is 2. The number of carbonyl (C=O) groups excluding carboxylic acids is 1. The summed E-state index contributed by atoms with van der Waals surface area (Å²) in [6, 6.07) is 0. The number of carbonyl (C=O) groups is 1. The summed E-state index contributed by atoms with van der Waals surface area (Å²) in [4.78, 5) is 25.6. The van der Waals surface area contributed by atoms with Crippen LogP contribution in [0.1, 0.15) is 12.8 Å². The molecule has 11 aliphatic rings. The Balaban J connectivity index is 0.0000000918. The Morgan fingerprint density at radius 1 is 1.05 bits per heavy atom. The van der Waals surface area contributed by atoms with Crippen LogP contribution in [0.15, 0.2) is 25.4 Å². The first kappa shape index (κ1) is 8.93. The summed E-state index contributed by atoms with van der Waals surface area (Å²) >= 11 is 0. The van der Waals surface area contributed by atoms with Gasteiger partial charge in [-0.05, 0) is 12.6 Å². The van der Waals surface area contributed by atoms with Crippen LogP contribution in [0, 0.1) is 0 Å². The van der Waals surface area contributed by atoms with Gasteiger partial charge in [-0.3, -0.25) is 4.79 Å². The number of hydrogen-bond acceptors (Lipinski definition) is 1. The Hall–Kier alpha value is -0.531. The molecule has 0 bridgehead atoms. The van der Waals surface area contributed by atoms with Crippen LogP contribution in [-0.4, -0.2) is 17.4 Å². The van der Waals surface area contributed by atoms with E-state index in [9.17, 15) is 4.79 Å². The second-order valence-corrected chi connectivity index (χ2v) is 35.4. The van der Waals surface area contributed by atoms with Crippen LogP contribution in [0.5, 0.6) is 0 Å². The maximum atomic E-state index is 10.7. The van der Waals surface area contributed by atoms with Crippen LogP contribution in [-0.2, 0) is 11.3 Å². The molecule has 0 saturated carbocycles. The Morgan fingerprint density at radius 2 is 1.62 bits per heavy atom. The van der Waals surface area contributed by atoms with Gasteiger partial charge in [0.25, 0.3) is 0 Å². The topological polar surface area (TPSA) is 20.3 Å². The minimum atomic E-state index is -2.62. The van der Waals surface area contributed by atoms with Gasteiger partial charge in [0, 0.05) is 13.0 Å². The second-order valence-electron chi connectivity index (χ2n) is 11.8. The molecule has 21 heavy (non-hydrogen) atoms. The fourth-order valence-corrected chi connectivity index (χ4v) is 91.8. The molecule has 11 heterocycles. The van der Waals surface area contributed by atoms with Gasteiger partial charge in [-0.25, -0.2) is 0 Å². The summed E-state index contributed by atoms with van der Waals surface area (Å²) in [5.41, 5.74) is 0. The molecule has 0 radical (unpaired) electrons. The molecule has 0 aliphatic carbocycles. The van der Waals surface area contributed by atoms with Crippen molar-refractivity contribution in [1.82, 2.24) is 4.90 Å². The molecule has 0 aromatic rings. The summed E-state index contributed by atoms with van der Waals surface area (Å²) in [7, 11) is 0. The van der Waals surface area contributed by atoms with Crippen molar-refractivity contribution in [2.24, 2.45) is 0 Å². The summed E-state index contributed by atoms with van der Waals surface area (Å²) in [5, 5.41) is 0. The summed E-state index contributed by atoms with van der Waals surface area (Å²) in [6.07, 6.45) is 5.85. The quantitative estimate of drug-likeness (QED) is 0.533. The SMILES string of the molecule is C=CN1CCCC1=O.C=C[C]12[CH]3[CH]4[CH]5[CH]1[Fe]45321678[CH]2[CH]1[CH]6[CH]7[CH]28. The van der Waals surface area contributed by atoms with Gasteiger partial charge in [0.2, 0.25) is 5.91 Å². The third-order valence-electron chi connectivity index (χ3n) is 16.4. The van der Waals surface area contributed by atoms with Gasteiger partial charge in [-0.2, -0.15) is 0 Å². The van der Waals surface area contributed by atoms with E-state index in [0.717, 1.165) is 17.3 Å². The van der Waals surface area contributed by atoms with Crippen LogP contribution < -0.4 is 0 Å². The van der Waals surface area contributed by atoms with E-state index in [-0.39, 0.29) is 5.91 Å². The predicted molar refractivity (Wildman–Crippen MR) is 77.8 cm³/mol. The first-order valence-electron chi connectivity index (χ1n) is 8.72. The van der Waals surface area contributed by atoms with Gasteiger partial charge in [-0.15, -0.1) is 0 Å². The molecule has 1 spiro atoms. The molecule has 11 saturated heterocycles. The van der Waals surface area contributed by atoms with E-state index in [1.54, 1.807) is 11.1 Å². The van der Waals surface area contributed by atoms with Gasteiger partial charge in [-0.1, -0.05) is 6.58 Å². The van der Waals surface area contributed by atoms with Crippen molar-refractivity contribution in [2.45, 2.75) is 60.5 Å². The number of nitrogens with zero attached hydrogens (tertiary/aromatic N) is 1. The zero-order valence-electron chi connectivity index (χ0n) is 12.1. The van der Waals surface area contributed by atoms with Crippen molar-refractivity contribution in [3.8, 4) is 0 Å². The number of allylic oxidation sites excluding steroid dienone is 1. The molecule has 0 aromatic carbocycles. The second kappa shape index (κ2) is 0.849. The van der Waals surface area contributed by atoms with Crippen molar-refractivity contribution in [3.63, 3.8) is 0 Å². The summed E-state index contributed by atoms with van der Waals surface area (Å²) in [5.74, 6) is 0.208. The van der Waals surface area contributed by atoms with E-state index in [2.05, 4.69) is 19.2 Å². The molecule has 1 amide bonds. The van der Waals surface area contributed by atoms with Crippen molar-refractivity contribution in [2.75, 3.05) is 6.54 Å². The van der Waals surface area contributed by atoms with Gasteiger partial charge in [0.05, 0.1) is 0 Å². The molecule has 0 aromatic heterocycles. The van der Waals surface area contributed by atoms with Crippen LogP contribution in [0.25, 0.3) is 0 Å². The Bertz CT molecular complexity index is 1040. The molecule has 0 N–H and O–H groups in total. The number of likely N-dealkylation sites (tertiary alicyclic amines) is 1. The Kier molecular flexibility index (Phi) is 0.361. The Morgan fingerprint density at radius 3 is 1.76 bits per heavy atom. The molecular weight excluding hydrogens is 302 g/mol. The summed E-state index contributed by atoms with van der Waals surface area (Å²) < 4.78 is 0.999. The maximum absolute atomic E-state index is 10.7. The van der Waals surface area contributed by atoms with Gasteiger partial charge in [0.15, 0.2) is 0 Å². The average molecular weight is 323 g/mol. The van der Waals surface area contributed by atoms with Crippen LogP contribution in [0.2, 0.25) is 47.7 Å². The fraction of sp³-hybridized carbons (Fsp3) is 0.722. The first-order chi connectivity index (χ1) is 9.95. The van der Waals surface area contributed by atoms with Crippen molar-refractivity contribution >= 4 is 5.91 Å². The van der Waals surface area contributed by atoms with E-state index >= 15 is 0 Å². The molecular formula is C18H21FeNO. The Labute approximate surface area is 114 Å². The zero-order valence-corrected chi connectivity index (χ0v) is 13.2. The third kappa shape index (κ3) is 0.115. The van der Waals surface area contributed by atoms with Crippen LogP contribution in [0.3, 0.4) is 0 Å². The molecule has 11 rings (SSSR count). The normalized spacial score (nSPS) is 101. The predicted octanol–water partition coefficient (Wildman–Crippen LogP) is 4.68. The minimum absolute atomic E-state index is 0.208. The van der Waals surface area contributed by atoms with E-state index < -0.39 is 6.51 Å². The molecule has 3 heteroatoms. The molecule has 112 valence electrons. The molecule has 4 unspecified atom stereocenters. The van der Waals surface area contributed by atoms with Gasteiger partial charge in [0.1, 0.15) is 0 Å². The van der Waals surface area contributed by atoms with E-state index in [1.807, 2.05) is 0 Å². The number of amides is 1. The third-order valence-corrected chi connectivity index (χ3v) is 59.0. The van der Waals surface area contributed by atoms with Crippen LogP contribution in [0.4, 0.5) is 0 Å². The van der Waals surface area contributed by atoms with Crippen molar-refractivity contribution in [3.05, 3.63) is 25.4 Å². The molecule has 11 fully saturated rings. The number of hydrogen-bond donors (Lipinski definition) is 0. The summed E-state index contributed by atoms with van der Waals surface area (Å²) in [6.45, 7) is 6.03. The first-order valence-corrected chi connectivity index (χ1v) is 15.0. The zero-order chi connectivity index (χ0) is 13.7. The molecule has 11 aliphatic heterocycles. The van der Waals surface area contributed by atoms with Crippen molar-refractivity contribution in [1.29, 1.82) is 0 Å². The monoisotopic (exact) mass is 323 g/mol. The van der Waals surface area contributed by atoms with Gasteiger partial charge >= 0.3 is 66.8 Å². The number of fused-ring (bicyclic) bond motifs is 10. The van der Waals surface area contributed by atoms with Crippen LogP contribution >= 0.6 is 0 Å². The van der Waals surface area contributed by atoms with Gasteiger partial charge < -0.3 is 4.90 Å². The molecule has 2 nitrogen and oxygen atoms in total. The standard InChI is InChI=1S/C7H7.C6H9NO.C5H5.Fe/c1-2-7-5-3-4-6-7;1-2-7-5-3-4-6(7)8;1-2-4-5-3-1;/h2-6H,1H2;2H,1,3-5H2;1-5H;. The van der Waals surface area contributed by atoms with Crippen molar-refractivity contribution < 1.29 is 11.3 Å². The van der Waals surface area contributed by atoms with E-state index in [0.29, 0.717) is 6.42 Å². The fourth-order valence-electron chi connectivity index (χ4n) is 17.8. The van der Waals surface area contributed by atoms with E-state index in [4.69, 9.17) is 0 Å².